The molecule has 1 N–H and O–H groups in total. The van der Waals surface area contributed by atoms with Crippen molar-refractivity contribution in [3.63, 3.8) is 0 Å². The molecule has 1 heterocycles. The standard InChI is InChI=1S/C17H24N4/c1-13(2)14-6-8-15(9-7-14)20-16-4-3-5-17(10-16)21-11-18-19-12-21/h3-5,10-15,20H,6-9H2,1-2H3. The van der Waals surface area contributed by atoms with Gasteiger partial charge >= 0.3 is 0 Å². The molecule has 0 amide bonds. The van der Waals surface area contributed by atoms with E-state index in [9.17, 15) is 0 Å². The maximum atomic E-state index is 3.86. The lowest BCUT2D eigenvalue weighted by Crippen LogP contribution is -2.27. The van der Waals surface area contributed by atoms with E-state index in [1.807, 2.05) is 4.57 Å². The summed E-state index contributed by atoms with van der Waals surface area (Å²) in [5.41, 5.74) is 2.29. The molecule has 0 radical (unpaired) electrons. The smallest absolute Gasteiger partial charge is 0.123 e. The Bertz CT molecular complexity index is 554. The molecule has 1 aromatic heterocycles. The zero-order chi connectivity index (χ0) is 14.7. The predicted octanol–water partition coefficient (Wildman–Crippen LogP) is 3.89. The van der Waals surface area contributed by atoms with Crippen LogP contribution in [0.4, 0.5) is 5.69 Å². The van der Waals surface area contributed by atoms with Crippen LogP contribution in [0.5, 0.6) is 0 Å². The van der Waals surface area contributed by atoms with Crippen LogP contribution in [0.3, 0.4) is 0 Å². The zero-order valence-corrected chi connectivity index (χ0v) is 12.9. The molecule has 0 aliphatic heterocycles. The number of hydrogen-bond acceptors (Lipinski definition) is 3. The SMILES string of the molecule is CC(C)C1CCC(Nc2cccc(-n3cnnc3)c2)CC1. The molecule has 0 spiro atoms. The number of rotatable bonds is 4. The van der Waals surface area contributed by atoms with Crippen molar-refractivity contribution in [2.45, 2.75) is 45.6 Å². The summed E-state index contributed by atoms with van der Waals surface area (Å²) in [4.78, 5) is 0. The van der Waals surface area contributed by atoms with Gasteiger partial charge in [0.2, 0.25) is 0 Å². The Morgan fingerprint density at radius 1 is 1.10 bits per heavy atom. The van der Waals surface area contributed by atoms with Crippen molar-refractivity contribution < 1.29 is 0 Å². The lowest BCUT2D eigenvalue weighted by Gasteiger charge is -2.32. The molecule has 21 heavy (non-hydrogen) atoms. The average Bonchev–Trinajstić information content (AvgIpc) is 3.02. The topological polar surface area (TPSA) is 42.7 Å². The summed E-state index contributed by atoms with van der Waals surface area (Å²) in [6, 6.07) is 9.07. The molecule has 0 atom stereocenters. The number of nitrogens with one attached hydrogen (secondary N) is 1. The summed E-state index contributed by atoms with van der Waals surface area (Å²) >= 11 is 0. The minimum atomic E-state index is 0.608. The Morgan fingerprint density at radius 3 is 2.48 bits per heavy atom. The highest BCUT2D eigenvalue weighted by Crippen LogP contribution is 2.31. The van der Waals surface area contributed by atoms with Gasteiger partial charge in [-0.2, -0.15) is 0 Å². The molecule has 4 heteroatoms. The Morgan fingerprint density at radius 2 is 1.81 bits per heavy atom. The van der Waals surface area contributed by atoms with Gasteiger partial charge in [0, 0.05) is 11.7 Å². The molecule has 112 valence electrons. The van der Waals surface area contributed by atoms with Crippen LogP contribution in [0.25, 0.3) is 5.69 Å². The first kappa shape index (κ1) is 14.1. The van der Waals surface area contributed by atoms with E-state index < -0.39 is 0 Å². The van der Waals surface area contributed by atoms with E-state index in [4.69, 9.17) is 0 Å². The van der Waals surface area contributed by atoms with E-state index in [1.54, 1.807) is 12.7 Å². The fourth-order valence-electron chi connectivity index (χ4n) is 3.26. The third kappa shape index (κ3) is 3.43. The van der Waals surface area contributed by atoms with Crippen molar-refractivity contribution in [1.82, 2.24) is 14.8 Å². The van der Waals surface area contributed by atoms with Crippen LogP contribution in [-0.2, 0) is 0 Å². The van der Waals surface area contributed by atoms with Gasteiger partial charge in [-0.15, -0.1) is 10.2 Å². The van der Waals surface area contributed by atoms with E-state index >= 15 is 0 Å². The molecule has 1 fully saturated rings. The van der Waals surface area contributed by atoms with E-state index in [0.717, 1.165) is 17.5 Å². The first-order valence-corrected chi connectivity index (χ1v) is 7.94. The molecule has 1 aliphatic rings. The molecule has 1 saturated carbocycles. The van der Waals surface area contributed by atoms with Gasteiger partial charge in [-0.3, -0.25) is 4.57 Å². The van der Waals surface area contributed by atoms with Crippen molar-refractivity contribution in [1.29, 1.82) is 0 Å². The van der Waals surface area contributed by atoms with Crippen molar-refractivity contribution >= 4 is 5.69 Å². The molecule has 1 aromatic carbocycles. The second-order valence-electron chi connectivity index (χ2n) is 6.42. The second-order valence-corrected chi connectivity index (χ2v) is 6.42. The molecule has 0 unspecified atom stereocenters. The van der Waals surface area contributed by atoms with Crippen molar-refractivity contribution in [3.8, 4) is 5.69 Å². The number of nitrogens with zero attached hydrogens (tertiary/aromatic N) is 3. The second kappa shape index (κ2) is 6.29. The van der Waals surface area contributed by atoms with Crippen molar-refractivity contribution in [3.05, 3.63) is 36.9 Å². The lowest BCUT2D eigenvalue weighted by atomic mass is 9.79. The van der Waals surface area contributed by atoms with Gasteiger partial charge < -0.3 is 5.32 Å². The molecule has 3 rings (SSSR count). The van der Waals surface area contributed by atoms with Crippen molar-refractivity contribution in [2.75, 3.05) is 5.32 Å². The number of benzene rings is 1. The van der Waals surface area contributed by atoms with Crippen LogP contribution in [0.15, 0.2) is 36.9 Å². The Balaban J connectivity index is 1.62. The van der Waals surface area contributed by atoms with Crippen LogP contribution in [0, 0.1) is 11.8 Å². The third-order valence-corrected chi connectivity index (χ3v) is 4.65. The third-order valence-electron chi connectivity index (χ3n) is 4.65. The highest BCUT2D eigenvalue weighted by molar-refractivity contribution is 5.51. The van der Waals surface area contributed by atoms with Gasteiger partial charge in [0.05, 0.1) is 5.69 Å². The zero-order valence-electron chi connectivity index (χ0n) is 12.9. The molecule has 0 saturated heterocycles. The fraction of sp³-hybridized carbons (Fsp3) is 0.529. The number of anilines is 1. The summed E-state index contributed by atoms with van der Waals surface area (Å²) in [6.45, 7) is 4.70. The molecule has 0 bridgehead atoms. The quantitative estimate of drug-likeness (QED) is 0.926. The lowest BCUT2D eigenvalue weighted by molar-refractivity contribution is 0.267. The summed E-state index contributed by atoms with van der Waals surface area (Å²) in [7, 11) is 0. The van der Waals surface area contributed by atoms with E-state index in [-0.39, 0.29) is 0 Å². The largest absolute Gasteiger partial charge is 0.382 e. The Kier molecular flexibility index (Phi) is 4.23. The minimum Gasteiger partial charge on any atom is -0.382 e. The molecule has 2 aromatic rings. The van der Waals surface area contributed by atoms with Crippen LogP contribution in [0.2, 0.25) is 0 Å². The van der Waals surface area contributed by atoms with Gasteiger partial charge in [0.15, 0.2) is 0 Å². The van der Waals surface area contributed by atoms with Gasteiger partial charge in [0.1, 0.15) is 12.7 Å². The monoisotopic (exact) mass is 284 g/mol. The fourth-order valence-corrected chi connectivity index (χ4v) is 3.26. The summed E-state index contributed by atoms with van der Waals surface area (Å²) < 4.78 is 1.93. The van der Waals surface area contributed by atoms with Gasteiger partial charge in [-0.25, -0.2) is 0 Å². The maximum Gasteiger partial charge on any atom is 0.123 e. The van der Waals surface area contributed by atoms with Crippen LogP contribution >= 0.6 is 0 Å². The molecular formula is C17H24N4. The van der Waals surface area contributed by atoms with Crippen LogP contribution in [0.1, 0.15) is 39.5 Å². The molecule has 4 nitrogen and oxygen atoms in total. The van der Waals surface area contributed by atoms with E-state index in [0.29, 0.717) is 6.04 Å². The van der Waals surface area contributed by atoms with Gasteiger partial charge in [0.25, 0.3) is 0 Å². The molecular weight excluding hydrogens is 260 g/mol. The summed E-state index contributed by atoms with van der Waals surface area (Å²) in [5.74, 6) is 1.73. The first-order valence-electron chi connectivity index (χ1n) is 7.94. The highest BCUT2D eigenvalue weighted by Gasteiger charge is 2.22. The summed E-state index contributed by atoms with van der Waals surface area (Å²) in [6.07, 6.45) is 8.71. The maximum absolute atomic E-state index is 3.86. The predicted molar refractivity (Wildman–Crippen MR) is 85.6 cm³/mol. The minimum absolute atomic E-state index is 0.608. The van der Waals surface area contributed by atoms with Gasteiger partial charge in [-0.05, 0) is 55.7 Å². The van der Waals surface area contributed by atoms with Crippen LogP contribution < -0.4 is 5.32 Å². The summed E-state index contributed by atoms with van der Waals surface area (Å²) in [5, 5.41) is 11.4. The average molecular weight is 284 g/mol. The Hall–Kier alpha value is -1.84. The molecule has 1 aliphatic carbocycles. The highest BCUT2D eigenvalue weighted by atomic mass is 15.2. The number of hydrogen-bond donors (Lipinski definition) is 1. The number of aromatic nitrogens is 3. The van der Waals surface area contributed by atoms with E-state index in [2.05, 4.69) is 53.6 Å². The Labute approximate surface area is 126 Å². The van der Waals surface area contributed by atoms with Crippen molar-refractivity contribution in [2.24, 2.45) is 11.8 Å². The van der Waals surface area contributed by atoms with Crippen LogP contribution in [-0.4, -0.2) is 20.8 Å². The first-order chi connectivity index (χ1) is 10.2. The van der Waals surface area contributed by atoms with Gasteiger partial charge in [-0.1, -0.05) is 19.9 Å². The van der Waals surface area contributed by atoms with E-state index in [1.165, 1.54) is 31.4 Å². The normalized spacial score (nSPS) is 22.4.